The first-order chi connectivity index (χ1) is 7.47. The standard InChI is InChI=1S/C12H21N3O/c1-12(2,3)10-6-11(13)14-15(10)7-9-4-5-16-8-9/h6,9H,4-5,7-8H2,1-3H3,(H2,13,14). The SMILES string of the molecule is CC(C)(C)c1cc(N)nn1CC1CCOC1. The number of nitrogen functional groups attached to an aromatic ring is 1. The van der Waals surface area contributed by atoms with Gasteiger partial charge >= 0.3 is 0 Å². The minimum Gasteiger partial charge on any atom is -0.382 e. The lowest BCUT2D eigenvalue weighted by atomic mass is 9.92. The lowest BCUT2D eigenvalue weighted by molar-refractivity contribution is 0.181. The highest BCUT2D eigenvalue weighted by Crippen LogP contribution is 2.25. The highest BCUT2D eigenvalue weighted by atomic mass is 16.5. The highest BCUT2D eigenvalue weighted by Gasteiger charge is 2.23. The molecule has 16 heavy (non-hydrogen) atoms. The maximum Gasteiger partial charge on any atom is 0.145 e. The molecule has 1 unspecified atom stereocenters. The van der Waals surface area contributed by atoms with E-state index in [2.05, 4.69) is 30.6 Å². The molecule has 4 heteroatoms. The second-order valence-corrected chi connectivity index (χ2v) is 5.62. The summed E-state index contributed by atoms with van der Waals surface area (Å²) in [5, 5.41) is 4.38. The van der Waals surface area contributed by atoms with Crippen LogP contribution in [0, 0.1) is 5.92 Å². The second-order valence-electron chi connectivity index (χ2n) is 5.62. The number of aromatic nitrogens is 2. The van der Waals surface area contributed by atoms with Crippen molar-refractivity contribution in [2.75, 3.05) is 18.9 Å². The van der Waals surface area contributed by atoms with Crippen LogP contribution in [0.5, 0.6) is 0 Å². The van der Waals surface area contributed by atoms with Crippen LogP contribution < -0.4 is 5.73 Å². The Balaban J connectivity index is 2.19. The molecule has 2 N–H and O–H groups in total. The van der Waals surface area contributed by atoms with Crippen LogP contribution in [-0.2, 0) is 16.7 Å². The van der Waals surface area contributed by atoms with Crippen LogP contribution >= 0.6 is 0 Å². The van der Waals surface area contributed by atoms with Crippen molar-refractivity contribution in [2.45, 2.75) is 39.2 Å². The summed E-state index contributed by atoms with van der Waals surface area (Å²) in [4.78, 5) is 0. The number of hydrogen-bond acceptors (Lipinski definition) is 3. The van der Waals surface area contributed by atoms with Gasteiger partial charge in [0.2, 0.25) is 0 Å². The van der Waals surface area contributed by atoms with Crippen molar-refractivity contribution in [2.24, 2.45) is 5.92 Å². The van der Waals surface area contributed by atoms with Crippen molar-refractivity contribution in [3.63, 3.8) is 0 Å². The predicted molar refractivity (Wildman–Crippen MR) is 64.3 cm³/mol. The Morgan fingerprint density at radius 2 is 2.31 bits per heavy atom. The number of hydrogen-bond donors (Lipinski definition) is 1. The monoisotopic (exact) mass is 223 g/mol. The molecule has 1 aliphatic heterocycles. The zero-order valence-electron chi connectivity index (χ0n) is 10.4. The fourth-order valence-corrected chi connectivity index (χ4v) is 2.15. The van der Waals surface area contributed by atoms with E-state index in [1.54, 1.807) is 0 Å². The van der Waals surface area contributed by atoms with E-state index in [1.165, 1.54) is 5.69 Å². The van der Waals surface area contributed by atoms with E-state index in [9.17, 15) is 0 Å². The van der Waals surface area contributed by atoms with Gasteiger partial charge in [-0.1, -0.05) is 20.8 Å². The number of anilines is 1. The molecule has 0 spiro atoms. The van der Waals surface area contributed by atoms with E-state index in [0.717, 1.165) is 26.2 Å². The molecule has 0 amide bonds. The zero-order valence-corrected chi connectivity index (χ0v) is 10.4. The van der Waals surface area contributed by atoms with E-state index in [1.807, 2.05) is 6.07 Å². The molecule has 2 heterocycles. The van der Waals surface area contributed by atoms with Gasteiger partial charge in [-0.05, 0) is 6.42 Å². The molecule has 1 atom stereocenters. The first-order valence-corrected chi connectivity index (χ1v) is 5.88. The summed E-state index contributed by atoms with van der Waals surface area (Å²) < 4.78 is 7.44. The third-order valence-electron chi connectivity index (χ3n) is 3.02. The summed E-state index contributed by atoms with van der Waals surface area (Å²) in [5.41, 5.74) is 7.08. The molecule has 90 valence electrons. The van der Waals surface area contributed by atoms with Crippen molar-refractivity contribution < 1.29 is 4.74 Å². The van der Waals surface area contributed by atoms with Crippen molar-refractivity contribution in [3.8, 4) is 0 Å². The number of rotatable bonds is 2. The summed E-state index contributed by atoms with van der Waals surface area (Å²) in [6.07, 6.45) is 1.13. The van der Waals surface area contributed by atoms with Crippen molar-refractivity contribution in [3.05, 3.63) is 11.8 Å². The van der Waals surface area contributed by atoms with E-state index in [-0.39, 0.29) is 5.41 Å². The minimum atomic E-state index is 0.0874. The van der Waals surface area contributed by atoms with Crippen LogP contribution in [0.2, 0.25) is 0 Å². The Kier molecular flexibility index (Phi) is 2.93. The Morgan fingerprint density at radius 3 is 2.88 bits per heavy atom. The molecule has 0 aromatic carbocycles. The third kappa shape index (κ3) is 2.38. The fraction of sp³-hybridized carbons (Fsp3) is 0.750. The summed E-state index contributed by atoms with van der Waals surface area (Å²) in [6, 6.07) is 1.98. The maximum absolute atomic E-state index is 5.79. The van der Waals surface area contributed by atoms with E-state index in [0.29, 0.717) is 11.7 Å². The molecule has 0 saturated carbocycles. The smallest absolute Gasteiger partial charge is 0.145 e. The Morgan fingerprint density at radius 1 is 1.56 bits per heavy atom. The molecule has 0 aliphatic carbocycles. The predicted octanol–water partition coefficient (Wildman–Crippen LogP) is 1.80. The van der Waals surface area contributed by atoms with Crippen LogP contribution in [0.4, 0.5) is 5.82 Å². The van der Waals surface area contributed by atoms with Gasteiger partial charge in [-0.25, -0.2) is 0 Å². The van der Waals surface area contributed by atoms with Gasteiger partial charge in [0.15, 0.2) is 0 Å². The molecule has 2 rings (SSSR count). The van der Waals surface area contributed by atoms with Gasteiger partial charge < -0.3 is 10.5 Å². The molecule has 1 aromatic heterocycles. The van der Waals surface area contributed by atoms with Gasteiger partial charge in [0.25, 0.3) is 0 Å². The molecule has 0 bridgehead atoms. The Hall–Kier alpha value is -1.03. The topological polar surface area (TPSA) is 53.1 Å². The van der Waals surface area contributed by atoms with Crippen LogP contribution in [0.1, 0.15) is 32.9 Å². The molecule has 1 fully saturated rings. The summed E-state index contributed by atoms with van der Waals surface area (Å²) in [5.74, 6) is 1.20. The van der Waals surface area contributed by atoms with Gasteiger partial charge in [-0.2, -0.15) is 5.10 Å². The number of nitrogens with two attached hydrogens (primary N) is 1. The largest absolute Gasteiger partial charge is 0.382 e. The Bertz CT molecular complexity index is 359. The van der Waals surface area contributed by atoms with Gasteiger partial charge in [-0.3, -0.25) is 4.68 Å². The summed E-state index contributed by atoms with van der Waals surface area (Å²) in [7, 11) is 0. The van der Waals surface area contributed by atoms with E-state index >= 15 is 0 Å². The van der Waals surface area contributed by atoms with Crippen LogP contribution in [-0.4, -0.2) is 23.0 Å². The van der Waals surface area contributed by atoms with Crippen molar-refractivity contribution in [1.82, 2.24) is 9.78 Å². The average molecular weight is 223 g/mol. The quantitative estimate of drug-likeness (QED) is 0.831. The lowest BCUT2D eigenvalue weighted by Gasteiger charge is -2.21. The second kappa shape index (κ2) is 4.09. The highest BCUT2D eigenvalue weighted by molar-refractivity contribution is 5.32. The third-order valence-corrected chi connectivity index (χ3v) is 3.02. The minimum absolute atomic E-state index is 0.0874. The fourth-order valence-electron chi connectivity index (χ4n) is 2.15. The van der Waals surface area contributed by atoms with Crippen LogP contribution in [0.3, 0.4) is 0 Å². The van der Waals surface area contributed by atoms with Gasteiger partial charge in [0.05, 0.1) is 6.61 Å². The van der Waals surface area contributed by atoms with E-state index in [4.69, 9.17) is 10.5 Å². The zero-order chi connectivity index (χ0) is 11.8. The molecular formula is C12H21N3O. The van der Waals surface area contributed by atoms with E-state index < -0.39 is 0 Å². The first-order valence-electron chi connectivity index (χ1n) is 5.88. The van der Waals surface area contributed by atoms with Crippen LogP contribution in [0.15, 0.2) is 6.07 Å². The molecule has 1 aromatic rings. The number of nitrogens with zero attached hydrogens (tertiary/aromatic N) is 2. The normalized spacial score (nSPS) is 21.6. The van der Waals surface area contributed by atoms with Gasteiger partial charge in [0, 0.05) is 36.2 Å². The summed E-state index contributed by atoms with van der Waals surface area (Å²) in [6.45, 7) is 9.21. The van der Waals surface area contributed by atoms with Crippen molar-refractivity contribution in [1.29, 1.82) is 0 Å². The van der Waals surface area contributed by atoms with Gasteiger partial charge in [-0.15, -0.1) is 0 Å². The molecule has 1 saturated heterocycles. The first kappa shape index (κ1) is 11.5. The molecular weight excluding hydrogens is 202 g/mol. The molecule has 0 radical (unpaired) electrons. The molecule has 4 nitrogen and oxygen atoms in total. The average Bonchev–Trinajstić information content (AvgIpc) is 2.74. The molecule has 1 aliphatic rings. The lowest BCUT2D eigenvalue weighted by Crippen LogP contribution is -2.21. The van der Waals surface area contributed by atoms with Crippen LogP contribution in [0.25, 0.3) is 0 Å². The maximum atomic E-state index is 5.79. The van der Waals surface area contributed by atoms with Crippen molar-refractivity contribution >= 4 is 5.82 Å². The van der Waals surface area contributed by atoms with Gasteiger partial charge in [0.1, 0.15) is 5.82 Å². The summed E-state index contributed by atoms with van der Waals surface area (Å²) >= 11 is 0. The number of ether oxygens (including phenoxy) is 1. The Labute approximate surface area is 96.8 Å².